The molecule has 0 amide bonds. The number of halogens is 1. The number of anilines is 1. The summed E-state index contributed by atoms with van der Waals surface area (Å²) in [6, 6.07) is 0.555. The van der Waals surface area contributed by atoms with Crippen LogP contribution in [0.2, 0.25) is 5.02 Å². The molecule has 2 aromatic heterocycles. The fourth-order valence-corrected chi connectivity index (χ4v) is 3.40. The first-order valence-electron chi connectivity index (χ1n) is 7.48. The predicted octanol–water partition coefficient (Wildman–Crippen LogP) is 4.16. The van der Waals surface area contributed by atoms with E-state index in [2.05, 4.69) is 26.9 Å². The van der Waals surface area contributed by atoms with Crippen LogP contribution in [-0.4, -0.2) is 28.0 Å². The SMILES string of the molecule is CN(c1ncnc2[nH]cc(Cl)c12)C1CCCCCCC1. The van der Waals surface area contributed by atoms with Gasteiger partial charge in [0.1, 0.15) is 17.8 Å². The summed E-state index contributed by atoms with van der Waals surface area (Å²) in [4.78, 5) is 14.1. The Morgan fingerprint density at radius 1 is 1.15 bits per heavy atom. The van der Waals surface area contributed by atoms with Crippen molar-refractivity contribution in [2.45, 2.75) is 51.0 Å². The lowest BCUT2D eigenvalue weighted by Crippen LogP contribution is -2.33. The Morgan fingerprint density at radius 3 is 2.60 bits per heavy atom. The van der Waals surface area contributed by atoms with Crippen LogP contribution >= 0.6 is 11.6 Å². The zero-order valence-electron chi connectivity index (χ0n) is 11.9. The normalized spacial score (nSPS) is 17.9. The molecule has 1 N–H and O–H groups in total. The molecule has 0 aromatic carbocycles. The van der Waals surface area contributed by atoms with Crippen molar-refractivity contribution in [3.8, 4) is 0 Å². The Hall–Kier alpha value is -1.29. The Bertz CT molecular complexity index is 572. The Balaban J connectivity index is 1.90. The van der Waals surface area contributed by atoms with Gasteiger partial charge in [0, 0.05) is 19.3 Å². The maximum atomic E-state index is 6.28. The van der Waals surface area contributed by atoms with Crippen molar-refractivity contribution in [3.05, 3.63) is 17.5 Å². The highest BCUT2D eigenvalue weighted by atomic mass is 35.5. The summed E-state index contributed by atoms with van der Waals surface area (Å²) in [5.74, 6) is 0.951. The summed E-state index contributed by atoms with van der Waals surface area (Å²) < 4.78 is 0. The minimum atomic E-state index is 0.555. The van der Waals surface area contributed by atoms with E-state index < -0.39 is 0 Å². The number of nitrogens with one attached hydrogen (secondary N) is 1. The molecule has 0 atom stereocenters. The third kappa shape index (κ3) is 2.62. The summed E-state index contributed by atoms with van der Waals surface area (Å²) in [6.07, 6.45) is 12.6. The maximum Gasteiger partial charge on any atom is 0.144 e. The van der Waals surface area contributed by atoms with Gasteiger partial charge in [0.2, 0.25) is 0 Å². The van der Waals surface area contributed by atoms with Crippen LogP contribution in [0, 0.1) is 0 Å². The van der Waals surface area contributed by atoms with E-state index in [9.17, 15) is 0 Å². The zero-order chi connectivity index (χ0) is 13.9. The molecule has 0 spiro atoms. The average Bonchev–Trinajstić information content (AvgIpc) is 2.80. The van der Waals surface area contributed by atoms with Crippen LogP contribution < -0.4 is 4.90 Å². The Kier molecular flexibility index (Phi) is 4.10. The van der Waals surface area contributed by atoms with E-state index in [4.69, 9.17) is 11.6 Å². The van der Waals surface area contributed by atoms with Crippen molar-refractivity contribution in [2.24, 2.45) is 0 Å². The first-order chi connectivity index (χ1) is 9.77. The quantitative estimate of drug-likeness (QED) is 0.904. The monoisotopic (exact) mass is 292 g/mol. The predicted molar refractivity (Wildman–Crippen MR) is 83.4 cm³/mol. The van der Waals surface area contributed by atoms with Crippen LogP contribution in [-0.2, 0) is 0 Å². The third-order valence-corrected chi connectivity index (χ3v) is 4.66. The van der Waals surface area contributed by atoms with Crippen molar-refractivity contribution >= 4 is 28.5 Å². The number of hydrogen-bond acceptors (Lipinski definition) is 3. The smallest absolute Gasteiger partial charge is 0.144 e. The van der Waals surface area contributed by atoms with Gasteiger partial charge in [-0.15, -0.1) is 0 Å². The molecule has 0 aliphatic heterocycles. The molecule has 2 aromatic rings. The zero-order valence-corrected chi connectivity index (χ0v) is 12.7. The van der Waals surface area contributed by atoms with Gasteiger partial charge in [-0.2, -0.15) is 0 Å². The molecule has 3 rings (SSSR count). The molecule has 20 heavy (non-hydrogen) atoms. The van der Waals surface area contributed by atoms with Crippen molar-refractivity contribution < 1.29 is 0 Å². The number of H-pyrrole nitrogens is 1. The molecule has 108 valence electrons. The van der Waals surface area contributed by atoms with Gasteiger partial charge < -0.3 is 9.88 Å². The third-order valence-electron chi connectivity index (χ3n) is 4.36. The highest BCUT2D eigenvalue weighted by Gasteiger charge is 2.21. The minimum Gasteiger partial charge on any atom is -0.356 e. The molecule has 1 fully saturated rings. The maximum absolute atomic E-state index is 6.28. The van der Waals surface area contributed by atoms with Gasteiger partial charge in [-0.3, -0.25) is 0 Å². The fourth-order valence-electron chi connectivity index (χ4n) is 3.17. The van der Waals surface area contributed by atoms with Gasteiger partial charge in [-0.1, -0.05) is 43.7 Å². The molecule has 0 unspecified atom stereocenters. The van der Waals surface area contributed by atoms with Crippen LogP contribution in [0.5, 0.6) is 0 Å². The molecule has 0 saturated heterocycles. The van der Waals surface area contributed by atoms with Crippen molar-refractivity contribution in [3.63, 3.8) is 0 Å². The van der Waals surface area contributed by atoms with E-state index >= 15 is 0 Å². The summed E-state index contributed by atoms with van der Waals surface area (Å²) >= 11 is 6.28. The highest BCUT2D eigenvalue weighted by Crippen LogP contribution is 2.32. The van der Waals surface area contributed by atoms with Crippen LogP contribution in [0.25, 0.3) is 11.0 Å². The average molecular weight is 293 g/mol. The van der Waals surface area contributed by atoms with Gasteiger partial charge in [-0.25, -0.2) is 9.97 Å². The largest absolute Gasteiger partial charge is 0.356 e. The van der Waals surface area contributed by atoms with E-state index in [1.807, 2.05) is 0 Å². The van der Waals surface area contributed by atoms with E-state index in [0.717, 1.165) is 16.9 Å². The Morgan fingerprint density at radius 2 is 1.85 bits per heavy atom. The second-order valence-corrected chi connectivity index (χ2v) is 6.07. The molecular formula is C15H21ClN4. The van der Waals surface area contributed by atoms with Crippen LogP contribution in [0.3, 0.4) is 0 Å². The van der Waals surface area contributed by atoms with Crippen molar-refractivity contribution in [2.75, 3.05) is 11.9 Å². The molecule has 5 heteroatoms. The van der Waals surface area contributed by atoms with E-state index in [0.29, 0.717) is 11.1 Å². The molecular weight excluding hydrogens is 272 g/mol. The topological polar surface area (TPSA) is 44.8 Å². The lowest BCUT2D eigenvalue weighted by Gasteiger charge is -2.31. The first kappa shape index (κ1) is 13.7. The minimum absolute atomic E-state index is 0.555. The summed E-state index contributed by atoms with van der Waals surface area (Å²) in [5, 5.41) is 1.65. The molecule has 1 aliphatic carbocycles. The molecule has 1 saturated carbocycles. The molecule has 0 bridgehead atoms. The second kappa shape index (κ2) is 6.00. The van der Waals surface area contributed by atoms with Crippen LogP contribution in [0.1, 0.15) is 44.9 Å². The molecule has 1 aliphatic rings. The van der Waals surface area contributed by atoms with Crippen LogP contribution in [0.15, 0.2) is 12.5 Å². The van der Waals surface area contributed by atoms with Crippen molar-refractivity contribution in [1.82, 2.24) is 15.0 Å². The number of aromatic nitrogens is 3. The highest BCUT2D eigenvalue weighted by molar-refractivity contribution is 6.36. The number of fused-ring (bicyclic) bond motifs is 1. The molecule has 0 radical (unpaired) electrons. The van der Waals surface area contributed by atoms with Gasteiger partial charge in [-0.05, 0) is 12.8 Å². The number of nitrogens with zero attached hydrogens (tertiary/aromatic N) is 3. The number of hydrogen-bond donors (Lipinski definition) is 1. The van der Waals surface area contributed by atoms with E-state index in [1.165, 1.54) is 44.9 Å². The molecule has 4 nitrogen and oxygen atoms in total. The number of rotatable bonds is 2. The van der Waals surface area contributed by atoms with Crippen molar-refractivity contribution in [1.29, 1.82) is 0 Å². The Labute approximate surface area is 124 Å². The number of aromatic amines is 1. The standard InChI is InChI=1S/C15H21ClN4/c1-20(11-7-5-3-2-4-6-8-11)15-13-12(16)9-17-14(13)18-10-19-15/h9-11H,2-8H2,1H3,(H,17,18,19). The second-order valence-electron chi connectivity index (χ2n) is 5.67. The summed E-state index contributed by atoms with van der Waals surface area (Å²) in [6.45, 7) is 0. The fraction of sp³-hybridized carbons (Fsp3) is 0.600. The van der Waals surface area contributed by atoms with Crippen LogP contribution in [0.4, 0.5) is 5.82 Å². The lowest BCUT2D eigenvalue weighted by atomic mass is 9.96. The van der Waals surface area contributed by atoms with Gasteiger partial charge in [0.05, 0.1) is 10.4 Å². The van der Waals surface area contributed by atoms with E-state index in [1.54, 1.807) is 12.5 Å². The van der Waals surface area contributed by atoms with Gasteiger partial charge in [0.25, 0.3) is 0 Å². The molecule has 2 heterocycles. The first-order valence-corrected chi connectivity index (χ1v) is 7.85. The summed E-state index contributed by atoms with van der Waals surface area (Å²) in [5.41, 5.74) is 0.817. The van der Waals surface area contributed by atoms with Gasteiger partial charge >= 0.3 is 0 Å². The summed E-state index contributed by atoms with van der Waals surface area (Å²) in [7, 11) is 2.14. The van der Waals surface area contributed by atoms with Gasteiger partial charge in [0.15, 0.2) is 0 Å². The van der Waals surface area contributed by atoms with E-state index in [-0.39, 0.29) is 0 Å². The lowest BCUT2D eigenvalue weighted by molar-refractivity contribution is 0.440.